The summed E-state index contributed by atoms with van der Waals surface area (Å²) in [5, 5.41) is 27.1. The average molecular weight is 560 g/mol. The van der Waals surface area contributed by atoms with Crippen LogP contribution in [-0.4, -0.2) is 27.1 Å². The number of nitro groups is 2. The van der Waals surface area contributed by atoms with E-state index >= 15 is 0 Å². The van der Waals surface area contributed by atoms with E-state index in [1.165, 1.54) is 23.9 Å². The van der Waals surface area contributed by atoms with Gasteiger partial charge < -0.3 is 10.1 Å². The predicted molar refractivity (Wildman–Crippen MR) is 145 cm³/mol. The summed E-state index contributed by atoms with van der Waals surface area (Å²) in [6, 6.07) is 17.0. The van der Waals surface area contributed by atoms with Crippen molar-refractivity contribution in [2.45, 2.75) is 40.8 Å². The largest absolute Gasteiger partial charge is 0.494 e. The van der Waals surface area contributed by atoms with Crippen molar-refractivity contribution in [2.24, 2.45) is 5.92 Å². The van der Waals surface area contributed by atoms with Crippen molar-refractivity contribution >= 4 is 52.0 Å². The number of benzene rings is 3. The van der Waals surface area contributed by atoms with Gasteiger partial charge in [-0.15, -0.1) is 23.4 Å². The van der Waals surface area contributed by atoms with Crippen molar-refractivity contribution in [1.29, 1.82) is 0 Å². The Kier molecular flexibility index (Phi) is 7.20. The lowest BCUT2D eigenvalue weighted by Gasteiger charge is -2.38. The van der Waals surface area contributed by atoms with Crippen LogP contribution in [0.2, 0.25) is 5.02 Å². The number of ether oxygens (including phenoxy) is 1. The number of thioether (sulfide) groups is 1. The molecule has 0 unspecified atom stereocenters. The normalized spacial score (nSPS) is 24.0. The summed E-state index contributed by atoms with van der Waals surface area (Å²) in [7, 11) is 0. The highest BCUT2D eigenvalue weighted by atomic mass is 35.5. The van der Waals surface area contributed by atoms with E-state index in [-0.39, 0.29) is 34.5 Å². The molecule has 0 aromatic heterocycles. The SMILES string of the molecule is CCOc1cc2c(c([N+](=O)[O-])c1)N[C@@H](c1ccccc1Cl)[C@H]1C[C@@H](Sc3ccccc3[N+](=O)[O-])[C@@H](Cl)[C@H]21. The van der Waals surface area contributed by atoms with E-state index < -0.39 is 15.2 Å². The van der Waals surface area contributed by atoms with Gasteiger partial charge >= 0.3 is 0 Å². The van der Waals surface area contributed by atoms with Crippen molar-refractivity contribution < 1.29 is 14.6 Å². The van der Waals surface area contributed by atoms with Crippen LogP contribution >= 0.6 is 35.0 Å². The highest BCUT2D eigenvalue weighted by Gasteiger charge is 2.52. The Morgan fingerprint density at radius 3 is 2.43 bits per heavy atom. The van der Waals surface area contributed by atoms with Crippen LogP contribution in [0.4, 0.5) is 17.1 Å². The Labute approximate surface area is 227 Å². The van der Waals surface area contributed by atoms with Crippen LogP contribution in [0, 0.1) is 26.1 Å². The number of para-hydroxylation sites is 1. The van der Waals surface area contributed by atoms with Gasteiger partial charge in [0.2, 0.25) is 0 Å². The highest BCUT2D eigenvalue weighted by Crippen LogP contribution is 2.60. The number of nitro benzene ring substituents is 2. The number of alkyl halides is 1. The minimum atomic E-state index is -0.447. The summed E-state index contributed by atoms with van der Waals surface area (Å²) >= 11 is 15.1. The molecule has 1 aliphatic carbocycles. The molecule has 1 aliphatic heterocycles. The summed E-state index contributed by atoms with van der Waals surface area (Å²) in [6.45, 7) is 2.18. The molecule has 5 atom stereocenters. The number of fused-ring (bicyclic) bond motifs is 3. The zero-order chi connectivity index (χ0) is 26.3. The standard InChI is InChI=1S/C26H23Cl2N3O5S/c1-2-36-14-11-16-23-17(13-22(24(23)28)37-21-10-6-5-9-19(21)30(32)33)25(15-7-3-4-8-18(15)27)29-26(16)20(12-14)31(34)35/h3-12,17,22-25,29H,2,13H2,1H3/t17-,22+,23+,24+,25-/m0/s1. The Morgan fingerprint density at radius 2 is 1.73 bits per heavy atom. The highest BCUT2D eigenvalue weighted by molar-refractivity contribution is 8.00. The lowest BCUT2D eigenvalue weighted by atomic mass is 9.77. The first kappa shape index (κ1) is 25.6. The number of hydrogen-bond donors (Lipinski definition) is 1. The van der Waals surface area contributed by atoms with E-state index in [1.54, 1.807) is 24.3 Å². The van der Waals surface area contributed by atoms with Gasteiger partial charge in [-0.2, -0.15) is 0 Å². The molecule has 1 saturated carbocycles. The van der Waals surface area contributed by atoms with E-state index in [0.29, 0.717) is 34.4 Å². The van der Waals surface area contributed by atoms with Gasteiger partial charge in [-0.05, 0) is 48.6 Å². The molecule has 1 N–H and O–H groups in total. The number of nitrogens with one attached hydrogen (secondary N) is 1. The van der Waals surface area contributed by atoms with Gasteiger partial charge in [0.25, 0.3) is 11.4 Å². The zero-order valence-electron chi connectivity index (χ0n) is 19.7. The smallest absolute Gasteiger partial charge is 0.296 e. The Hall–Kier alpha value is -3.01. The molecular weight excluding hydrogens is 537 g/mol. The third-order valence-corrected chi connectivity index (χ3v) is 9.42. The minimum Gasteiger partial charge on any atom is -0.494 e. The molecule has 2 aliphatic rings. The maximum atomic E-state index is 12.1. The van der Waals surface area contributed by atoms with Gasteiger partial charge in [-0.3, -0.25) is 20.2 Å². The van der Waals surface area contributed by atoms with Crippen molar-refractivity contribution in [3.8, 4) is 5.75 Å². The molecule has 3 aromatic carbocycles. The first-order valence-electron chi connectivity index (χ1n) is 11.8. The molecule has 0 radical (unpaired) electrons. The molecular formula is C26H23Cl2N3O5S. The molecule has 1 heterocycles. The Balaban J connectivity index is 1.63. The van der Waals surface area contributed by atoms with Crippen molar-refractivity contribution in [3.63, 3.8) is 0 Å². The fraction of sp³-hybridized carbons (Fsp3) is 0.308. The second-order valence-electron chi connectivity index (χ2n) is 8.99. The monoisotopic (exact) mass is 559 g/mol. The van der Waals surface area contributed by atoms with Crippen molar-refractivity contribution in [1.82, 2.24) is 0 Å². The molecule has 11 heteroatoms. The van der Waals surface area contributed by atoms with Crippen LogP contribution in [0.15, 0.2) is 65.6 Å². The molecule has 1 fully saturated rings. The molecule has 0 amide bonds. The Morgan fingerprint density at radius 1 is 1.03 bits per heavy atom. The first-order valence-corrected chi connectivity index (χ1v) is 13.5. The molecule has 5 rings (SSSR count). The summed E-state index contributed by atoms with van der Waals surface area (Å²) in [6.07, 6.45) is 0.630. The number of rotatable bonds is 7. The van der Waals surface area contributed by atoms with E-state index in [1.807, 2.05) is 31.2 Å². The zero-order valence-corrected chi connectivity index (χ0v) is 22.0. The molecule has 37 heavy (non-hydrogen) atoms. The molecule has 8 nitrogen and oxygen atoms in total. The third-order valence-electron chi connectivity index (χ3n) is 6.96. The van der Waals surface area contributed by atoms with Gasteiger partial charge in [-0.1, -0.05) is 41.9 Å². The lowest BCUT2D eigenvalue weighted by molar-refractivity contribution is -0.387. The molecule has 0 saturated heterocycles. The first-order chi connectivity index (χ1) is 17.8. The van der Waals surface area contributed by atoms with Crippen LogP contribution in [0.3, 0.4) is 0 Å². The average Bonchev–Trinajstić information content (AvgIpc) is 3.20. The second kappa shape index (κ2) is 10.4. The van der Waals surface area contributed by atoms with Crippen LogP contribution < -0.4 is 10.1 Å². The van der Waals surface area contributed by atoms with E-state index in [9.17, 15) is 20.2 Å². The lowest BCUT2D eigenvalue weighted by Crippen LogP contribution is -2.31. The topological polar surface area (TPSA) is 108 Å². The van der Waals surface area contributed by atoms with Crippen LogP contribution in [0.25, 0.3) is 0 Å². The van der Waals surface area contributed by atoms with Crippen molar-refractivity contribution in [2.75, 3.05) is 11.9 Å². The maximum absolute atomic E-state index is 12.1. The van der Waals surface area contributed by atoms with Crippen molar-refractivity contribution in [3.05, 3.63) is 97.0 Å². The summed E-state index contributed by atoms with van der Waals surface area (Å²) < 4.78 is 5.67. The van der Waals surface area contributed by atoms with Gasteiger partial charge in [0.05, 0.1) is 38.8 Å². The minimum absolute atomic E-state index is 0.0293. The van der Waals surface area contributed by atoms with Gasteiger partial charge in [0.15, 0.2) is 0 Å². The van der Waals surface area contributed by atoms with E-state index in [4.69, 9.17) is 27.9 Å². The molecule has 0 spiro atoms. The van der Waals surface area contributed by atoms with E-state index in [0.717, 1.165) is 11.1 Å². The fourth-order valence-corrected chi connectivity index (χ4v) is 7.67. The van der Waals surface area contributed by atoms with Gasteiger partial charge in [0.1, 0.15) is 11.4 Å². The van der Waals surface area contributed by atoms with Crippen LogP contribution in [0.5, 0.6) is 5.75 Å². The van der Waals surface area contributed by atoms with Crippen LogP contribution in [0.1, 0.15) is 36.4 Å². The van der Waals surface area contributed by atoms with Gasteiger partial charge in [0, 0.05) is 22.3 Å². The molecule has 3 aromatic rings. The third kappa shape index (κ3) is 4.71. The summed E-state index contributed by atoms with van der Waals surface area (Å²) in [5.41, 5.74) is 1.89. The maximum Gasteiger partial charge on any atom is 0.296 e. The second-order valence-corrected chi connectivity index (χ2v) is 11.2. The fourth-order valence-electron chi connectivity index (χ4n) is 5.48. The molecule has 192 valence electrons. The number of nitrogens with zero attached hydrogens (tertiary/aromatic N) is 2. The van der Waals surface area contributed by atoms with Gasteiger partial charge in [-0.25, -0.2) is 0 Å². The number of hydrogen-bond acceptors (Lipinski definition) is 7. The van der Waals surface area contributed by atoms with Crippen LogP contribution in [-0.2, 0) is 0 Å². The van der Waals surface area contributed by atoms with E-state index in [2.05, 4.69) is 5.32 Å². The quantitative estimate of drug-likeness (QED) is 0.180. The number of halogens is 2. The Bertz CT molecular complexity index is 1370. The summed E-state index contributed by atoms with van der Waals surface area (Å²) in [4.78, 5) is 23.5. The summed E-state index contributed by atoms with van der Waals surface area (Å²) in [5.74, 6) is 0.0774. The predicted octanol–water partition coefficient (Wildman–Crippen LogP) is 7.59. The number of anilines is 1. The molecule has 0 bridgehead atoms.